The molecule has 0 saturated heterocycles. The minimum Gasteiger partial charge on any atom is -0.449 e. The summed E-state index contributed by atoms with van der Waals surface area (Å²) in [4.78, 5) is 42.3. The first-order valence-corrected chi connectivity index (χ1v) is 10.9. The number of fused-ring (bicyclic) bond motifs is 2. The number of hydrogen-bond donors (Lipinski definition) is 1. The van der Waals surface area contributed by atoms with Gasteiger partial charge in [0.15, 0.2) is 6.10 Å². The van der Waals surface area contributed by atoms with Crippen molar-refractivity contribution >= 4 is 22.8 Å². The molecule has 4 atom stereocenters. The van der Waals surface area contributed by atoms with Crippen molar-refractivity contribution in [3.8, 4) is 0 Å². The topological polar surface area (TPSA) is 90.3 Å². The van der Waals surface area contributed by atoms with Gasteiger partial charge in [-0.1, -0.05) is 26.7 Å². The lowest BCUT2D eigenvalue weighted by atomic mass is 9.78. The van der Waals surface area contributed by atoms with Crippen LogP contribution in [0.3, 0.4) is 0 Å². The number of aromatic nitrogens is 2. The van der Waals surface area contributed by atoms with Gasteiger partial charge in [0.1, 0.15) is 5.82 Å². The van der Waals surface area contributed by atoms with Crippen molar-refractivity contribution in [3.05, 3.63) is 39.9 Å². The van der Waals surface area contributed by atoms with Crippen molar-refractivity contribution in [1.29, 1.82) is 0 Å². The molecule has 0 unspecified atom stereocenters. The van der Waals surface area contributed by atoms with E-state index < -0.39 is 12.1 Å². The molecule has 1 fully saturated rings. The van der Waals surface area contributed by atoms with Crippen LogP contribution in [0.5, 0.6) is 0 Å². The zero-order chi connectivity index (χ0) is 21.4. The largest absolute Gasteiger partial charge is 0.449 e. The molecular formula is C23H29N3O4. The van der Waals surface area contributed by atoms with E-state index in [2.05, 4.69) is 24.1 Å². The van der Waals surface area contributed by atoms with Crippen molar-refractivity contribution in [2.75, 3.05) is 0 Å². The number of ether oxygens (including phenoxy) is 1. The van der Waals surface area contributed by atoms with E-state index in [1.165, 1.54) is 6.42 Å². The molecule has 0 spiro atoms. The SMILES string of the molecule is C[C@@H]1[C@H](C)CCC[C@H]1NC(=O)[C@H](C)OC(=O)c1ccc2c(=O)n3c(nc2c1)CCC3. The molecule has 1 amide bonds. The van der Waals surface area contributed by atoms with Crippen LogP contribution in [0.15, 0.2) is 23.0 Å². The van der Waals surface area contributed by atoms with Crippen LogP contribution in [-0.4, -0.2) is 33.6 Å². The van der Waals surface area contributed by atoms with Gasteiger partial charge in [0.25, 0.3) is 11.5 Å². The maximum atomic E-state index is 12.6. The second-order valence-corrected chi connectivity index (χ2v) is 8.75. The number of benzene rings is 1. The van der Waals surface area contributed by atoms with Crippen LogP contribution >= 0.6 is 0 Å². The van der Waals surface area contributed by atoms with E-state index in [1.54, 1.807) is 29.7 Å². The number of carbonyl (C=O) groups excluding carboxylic acids is 2. The van der Waals surface area contributed by atoms with Crippen molar-refractivity contribution in [2.24, 2.45) is 11.8 Å². The molecule has 1 aliphatic carbocycles. The van der Waals surface area contributed by atoms with E-state index in [9.17, 15) is 14.4 Å². The zero-order valence-corrected chi connectivity index (χ0v) is 17.8. The number of hydrogen-bond acceptors (Lipinski definition) is 5. The van der Waals surface area contributed by atoms with Crippen LogP contribution in [0.25, 0.3) is 10.9 Å². The highest BCUT2D eigenvalue weighted by Gasteiger charge is 2.30. The highest BCUT2D eigenvalue weighted by molar-refractivity contribution is 5.95. The molecule has 30 heavy (non-hydrogen) atoms. The van der Waals surface area contributed by atoms with E-state index >= 15 is 0 Å². The van der Waals surface area contributed by atoms with Gasteiger partial charge in [-0.25, -0.2) is 9.78 Å². The van der Waals surface area contributed by atoms with E-state index in [4.69, 9.17) is 4.74 Å². The monoisotopic (exact) mass is 411 g/mol. The molecule has 2 aromatic rings. The third kappa shape index (κ3) is 3.85. The van der Waals surface area contributed by atoms with Gasteiger partial charge in [-0.15, -0.1) is 0 Å². The second-order valence-electron chi connectivity index (χ2n) is 8.75. The number of nitrogens with one attached hydrogen (secondary N) is 1. The van der Waals surface area contributed by atoms with E-state index in [1.807, 2.05) is 0 Å². The second kappa shape index (κ2) is 8.20. The number of nitrogens with zero attached hydrogens (tertiary/aromatic N) is 2. The Morgan fingerprint density at radius 3 is 2.83 bits per heavy atom. The van der Waals surface area contributed by atoms with E-state index in [0.717, 1.165) is 31.5 Å². The fourth-order valence-corrected chi connectivity index (χ4v) is 4.58. The predicted octanol–water partition coefficient (Wildman–Crippen LogP) is 2.83. The number of aryl methyl sites for hydroxylation is 1. The summed E-state index contributed by atoms with van der Waals surface area (Å²) in [5.41, 5.74) is 0.706. The molecule has 7 nitrogen and oxygen atoms in total. The number of carbonyl (C=O) groups is 2. The summed E-state index contributed by atoms with van der Waals surface area (Å²) in [5, 5.41) is 3.54. The van der Waals surface area contributed by atoms with Gasteiger partial charge in [0.05, 0.1) is 16.5 Å². The third-order valence-corrected chi connectivity index (χ3v) is 6.74. The highest BCUT2D eigenvalue weighted by Crippen LogP contribution is 2.29. The maximum Gasteiger partial charge on any atom is 0.338 e. The Labute approximate surface area is 175 Å². The van der Waals surface area contributed by atoms with Gasteiger partial charge in [-0.3, -0.25) is 14.2 Å². The minimum absolute atomic E-state index is 0.0732. The number of amides is 1. The quantitative estimate of drug-likeness (QED) is 0.782. The van der Waals surface area contributed by atoms with Gasteiger partial charge in [-0.05, 0) is 49.8 Å². The lowest BCUT2D eigenvalue weighted by Gasteiger charge is -2.35. The molecule has 2 aliphatic rings. The summed E-state index contributed by atoms with van der Waals surface area (Å²) in [6.07, 6.45) is 4.00. The number of esters is 1. The summed E-state index contributed by atoms with van der Waals surface area (Å²) >= 11 is 0. The highest BCUT2D eigenvalue weighted by atomic mass is 16.5. The van der Waals surface area contributed by atoms with Crippen LogP contribution in [0, 0.1) is 11.8 Å². The smallest absolute Gasteiger partial charge is 0.338 e. The summed E-state index contributed by atoms with van der Waals surface area (Å²) in [6, 6.07) is 4.86. The molecule has 2 heterocycles. The van der Waals surface area contributed by atoms with Gasteiger partial charge >= 0.3 is 5.97 Å². The van der Waals surface area contributed by atoms with Gasteiger partial charge < -0.3 is 10.1 Å². The van der Waals surface area contributed by atoms with Gasteiger partial charge in [-0.2, -0.15) is 0 Å². The normalized spacial score (nSPS) is 24.3. The fourth-order valence-electron chi connectivity index (χ4n) is 4.58. The third-order valence-electron chi connectivity index (χ3n) is 6.74. The summed E-state index contributed by atoms with van der Waals surface area (Å²) in [6.45, 7) is 6.64. The van der Waals surface area contributed by atoms with E-state index in [0.29, 0.717) is 29.3 Å². The average Bonchev–Trinajstić information content (AvgIpc) is 3.19. The van der Waals surface area contributed by atoms with Gasteiger partial charge in [0.2, 0.25) is 0 Å². The molecule has 1 aliphatic heterocycles. The minimum atomic E-state index is -0.892. The van der Waals surface area contributed by atoms with Crippen LogP contribution in [-0.2, 0) is 22.5 Å². The van der Waals surface area contributed by atoms with Crippen LogP contribution in [0.4, 0.5) is 0 Å². The first-order valence-electron chi connectivity index (χ1n) is 10.9. The maximum absolute atomic E-state index is 12.6. The van der Waals surface area contributed by atoms with Crippen LogP contribution in [0.1, 0.15) is 62.6 Å². The zero-order valence-electron chi connectivity index (χ0n) is 17.8. The van der Waals surface area contributed by atoms with E-state index in [-0.39, 0.29) is 23.1 Å². The predicted molar refractivity (Wildman–Crippen MR) is 113 cm³/mol. The molecule has 7 heteroatoms. The molecule has 0 radical (unpaired) electrons. The Morgan fingerprint density at radius 2 is 2.03 bits per heavy atom. The molecule has 1 aromatic heterocycles. The number of rotatable bonds is 4. The molecular weight excluding hydrogens is 382 g/mol. The molecule has 1 aromatic carbocycles. The lowest BCUT2D eigenvalue weighted by Crippen LogP contribution is -2.47. The average molecular weight is 412 g/mol. The van der Waals surface area contributed by atoms with Gasteiger partial charge in [0, 0.05) is 19.0 Å². The standard InChI is InChI=1S/C23H29N3O4/c1-13-6-4-7-18(14(13)2)25-21(27)15(3)30-23(29)16-9-10-17-19(12-16)24-20-8-5-11-26(20)22(17)28/h9-10,12-15,18H,4-8,11H2,1-3H3,(H,25,27)/t13-,14-,15+,18-/m1/s1. The first-order chi connectivity index (χ1) is 14.3. The van der Waals surface area contributed by atoms with Crippen LogP contribution < -0.4 is 10.9 Å². The fraction of sp³-hybridized carbons (Fsp3) is 0.565. The van der Waals surface area contributed by atoms with Crippen molar-refractivity contribution in [3.63, 3.8) is 0 Å². The van der Waals surface area contributed by atoms with Crippen molar-refractivity contribution in [2.45, 2.75) is 71.6 Å². The molecule has 4 rings (SSSR count). The Balaban J connectivity index is 1.45. The molecule has 0 bridgehead atoms. The summed E-state index contributed by atoms with van der Waals surface area (Å²) < 4.78 is 7.11. The molecule has 1 N–H and O–H groups in total. The molecule has 1 saturated carbocycles. The lowest BCUT2D eigenvalue weighted by molar-refractivity contribution is -0.130. The summed E-state index contributed by atoms with van der Waals surface area (Å²) in [5.74, 6) is 0.855. The Kier molecular flexibility index (Phi) is 5.62. The Bertz CT molecular complexity index is 1040. The Morgan fingerprint density at radius 1 is 1.23 bits per heavy atom. The van der Waals surface area contributed by atoms with Crippen molar-refractivity contribution < 1.29 is 14.3 Å². The first kappa shape index (κ1) is 20.6. The van der Waals surface area contributed by atoms with Crippen molar-refractivity contribution in [1.82, 2.24) is 14.9 Å². The summed E-state index contributed by atoms with van der Waals surface area (Å²) in [7, 11) is 0. The Hall–Kier alpha value is -2.70. The molecule has 160 valence electrons. The van der Waals surface area contributed by atoms with Crippen LogP contribution in [0.2, 0.25) is 0 Å².